The molecule has 0 spiro atoms. The predicted octanol–water partition coefficient (Wildman–Crippen LogP) is 7.32. The van der Waals surface area contributed by atoms with E-state index < -0.39 is 0 Å². The molecule has 0 amide bonds. The summed E-state index contributed by atoms with van der Waals surface area (Å²) in [6.45, 7) is 11.2. The van der Waals surface area contributed by atoms with Crippen LogP contribution in [-0.2, 0) is 24.1 Å². The molecule has 1 aliphatic carbocycles. The van der Waals surface area contributed by atoms with Gasteiger partial charge in [-0.05, 0) is 79.1 Å². The maximum atomic E-state index is 12.8. The van der Waals surface area contributed by atoms with E-state index in [0.29, 0.717) is 24.3 Å². The standard InChI is InChI=1S/C29H43NO2S/c1-5-10-23(7-3)22(4)20-29(31)32-28-13-8-11-24-21-25(14-15-27(24)28)30(17-6-2)18-16-26-12-9-19-33-26/h8-9,11-13,19,22-23,25H,5-7,10,14-18,20-21H2,1-4H3. The third-order valence-electron chi connectivity index (χ3n) is 7.37. The van der Waals surface area contributed by atoms with Crippen molar-refractivity contribution in [1.82, 2.24) is 4.90 Å². The van der Waals surface area contributed by atoms with E-state index in [4.69, 9.17) is 4.74 Å². The molecule has 1 heterocycles. The third kappa shape index (κ3) is 7.42. The van der Waals surface area contributed by atoms with Gasteiger partial charge in [-0.15, -0.1) is 11.3 Å². The minimum absolute atomic E-state index is 0.0730. The molecule has 3 nitrogen and oxygen atoms in total. The molecule has 3 rings (SSSR count). The third-order valence-corrected chi connectivity index (χ3v) is 8.30. The normalized spacial score (nSPS) is 17.5. The molecular weight excluding hydrogens is 426 g/mol. The summed E-state index contributed by atoms with van der Waals surface area (Å²) in [6.07, 6.45) is 9.50. The number of nitrogens with zero attached hydrogens (tertiary/aromatic N) is 1. The maximum Gasteiger partial charge on any atom is 0.311 e. The molecule has 0 bridgehead atoms. The molecule has 1 aliphatic rings. The van der Waals surface area contributed by atoms with Crippen molar-refractivity contribution in [2.75, 3.05) is 13.1 Å². The molecule has 1 aromatic carbocycles. The van der Waals surface area contributed by atoms with Gasteiger partial charge in [0.05, 0.1) is 0 Å². The zero-order chi connectivity index (χ0) is 23.6. The summed E-state index contributed by atoms with van der Waals surface area (Å²) in [5.74, 6) is 1.70. The molecule has 0 radical (unpaired) electrons. The Morgan fingerprint density at radius 1 is 1.15 bits per heavy atom. The Morgan fingerprint density at radius 3 is 2.70 bits per heavy atom. The zero-order valence-corrected chi connectivity index (χ0v) is 22.0. The summed E-state index contributed by atoms with van der Waals surface area (Å²) >= 11 is 1.86. The van der Waals surface area contributed by atoms with Crippen molar-refractivity contribution < 1.29 is 9.53 Å². The van der Waals surface area contributed by atoms with Gasteiger partial charge in [0.15, 0.2) is 0 Å². The van der Waals surface area contributed by atoms with E-state index >= 15 is 0 Å². The number of carbonyl (C=O) groups excluding carboxylic acids is 1. The van der Waals surface area contributed by atoms with Crippen LogP contribution in [0.5, 0.6) is 5.75 Å². The Kier molecular flexibility index (Phi) is 10.5. The molecule has 182 valence electrons. The van der Waals surface area contributed by atoms with Crippen molar-refractivity contribution in [3.63, 3.8) is 0 Å². The maximum absolute atomic E-state index is 12.8. The number of thiophene rings is 1. The van der Waals surface area contributed by atoms with Crippen LogP contribution in [0.3, 0.4) is 0 Å². The average molecular weight is 470 g/mol. The molecule has 3 atom stereocenters. The first-order valence-electron chi connectivity index (χ1n) is 13.1. The lowest BCUT2D eigenvalue weighted by atomic mass is 9.85. The first kappa shape index (κ1) is 26.0. The first-order valence-corrected chi connectivity index (χ1v) is 14.0. The Hall–Kier alpha value is -1.65. The van der Waals surface area contributed by atoms with Crippen LogP contribution in [0.15, 0.2) is 35.7 Å². The van der Waals surface area contributed by atoms with Gasteiger partial charge < -0.3 is 4.74 Å². The first-order chi connectivity index (χ1) is 16.0. The van der Waals surface area contributed by atoms with Gasteiger partial charge in [0.25, 0.3) is 0 Å². The van der Waals surface area contributed by atoms with Crippen LogP contribution in [0.1, 0.15) is 82.2 Å². The summed E-state index contributed by atoms with van der Waals surface area (Å²) in [5, 5.41) is 2.17. The van der Waals surface area contributed by atoms with E-state index in [1.54, 1.807) is 0 Å². The largest absolute Gasteiger partial charge is 0.426 e. The molecule has 3 unspecified atom stereocenters. The van der Waals surface area contributed by atoms with Crippen LogP contribution in [0, 0.1) is 11.8 Å². The fraction of sp³-hybridized carbons (Fsp3) is 0.621. The van der Waals surface area contributed by atoms with Crippen molar-refractivity contribution in [2.24, 2.45) is 11.8 Å². The molecular formula is C29H43NO2S. The number of ether oxygens (including phenoxy) is 1. The Labute approximate surface area is 205 Å². The number of hydrogen-bond acceptors (Lipinski definition) is 4. The lowest BCUT2D eigenvalue weighted by Crippen LogP contribution is -2.41. The van der Waals surface area contributed by atoms with E-state index in [1.165, 1.54) is 35.3 Å². The highest BCUT2D eigenvalue weighted by atomic mass is 32.1. The number of fused-ring (bicyclic) bond motifs is 1. The lowest BCUT2D eigenvalue weighted by Gasteiger charge is -2.35. The van der Waals surface area contributed by atoms with Crippen LogP contribution >= 0.6 is 11.3 Å². The minimum Gasteiger partial charge on any atom is -0.426 e. The second kappa shape index (κ2) is 13.3. The summed E-state index contributed by atoms with van der Waals surface area (Å²) in [6, 6.07) is 11.3. The van der Waals surface area contributed by atoms with Gasteiger partial charge in [0.2, 0.25) is 0 Å². The molecule has 0 saturated carbocycles. The molecule has 0 fully saturated rings. The van der Waals surface area contributed by atoms with Crippen LogP contribution in [-0.4, -0.2) is 30.0 Å². The second-order valence-corrected chi connectivity index (χ2v) is 10.8. The summed E-state index contributed by atoms with van der Waals surface area (Å²) in [7, 11) is 0. The minimum atomic E-state index is -0.0730. The van der Waals surface area contributed by atoms with E-state index in [1.807, 2.05) is 17.4 Å². The molecule has 0 saturated heterocycles. The number of hydrogen-bond donors (Lipinski definition) is 0. The van der Waals surface area contributed by atoms with Crippen LogP contribution in [0.25, 0.3) is 0 Å². The molecule has 0 aliphatic heterocycles. The number of rotatable bonds is 13. The highest BCUT2D eigenvalue weighted by Crippen LogP contribution is 2.33. The van der Waals surface area contributed by atoms with Gasteiger partial charge in [-0.25, -0.2) is 0 Å². The van der Waals surface area contributed by atoms with Gasteiger partial charge >= 0.3 is 5.97 Å². The molecule has 2 aromatic rings. The van der Waals surface area contributed by atoms with Crippen LogP contribution < -0.4 is 4.74 Å². The summed E-state index contributed by atoms with van der Waals surface area (Å²) in [5.41, 5.74) is 2.62. The molecule has 33 heavy (non-hydrogen) atoms. The van der Waals surface area contributed by atoms with E-state index in [0.717, 1.165) is 50.9 Å². The van der Waals surface area contributed by atoms with Gasteiger partial charge in [-0.1, -0.05) is 65.2 Å². The molecule has 0 N–H and O–H groups in total. The topological polar surface area (TPSA) is 29.5 Å². The SMILES string of the molecule is CCCC(CC)C(C)CC(=O)Oc1cccc2c1CCC(N(CCC)CCc1cccs1)C2. The molecule has 4 heteroatoms. The monoisotopic (exact) mass is 469 g/mol. The number of benzene rings is 1. The summed E-state index contributed by atoms with van der Waals surface area (Å²) in [4.78, 5) is 16.9. The van der Waals surface area contributed by atoms with Gasteiger partial charge in [-0.3, -0.25) is 9.69 Å². The molecule has 1 aromatic heterocycles. The van der Waals surface area contributed by atoms with Crippen molar-refractivity contribution in [1.29, 1.82) is 0 Å². The van der Waals surface area contributed by atoms with Gasteiger partial charge in [-0.2, -0.15) is 0 Å². The average Bonchev–Trinajstić information content (AvgIpc) is 3.33. The fourth-order valence-electron chi connectivity index (χ4n) is 5.49. The van der Waals surface area contributed by atoms with Crippen molar-refractivity contribution in [2.45, 2.75) is 91.5 Å². The van der Waals surface area contributed by atoms with E-state index in [-0.39, 0.29) is 5.97 Å². The van der Waals surface area contributed by atoms with E-state index in [2.05, 4.69) is 62.2 Å². The lowest BCUT2D eigenvalue weighted by molar-refractivity contribution is -0.135. The second-order valence-electron chi connectivity index (χ2n) is 9.77. The van der Waals surface area contributed by atoms with Crippen molar-refractivity contribution in [3.05, 3.63) is 51.7 Å². The Balaban J connectivity index is 1.62. The van der Waals surface area contributed by atoms with Crippen molar-refractivity contribution >= 4 is 17.3 Å². The van der Waals surface area contributed by atoms with Crippen LogP contribution in [0.2, 0.25) is 0 Å². The smallest absolute Gasteiger partial charge is 0.311 e. The highest BCUT2D eigenvalue weighted by Gasteiger charge is 2.27. The van der Waals surface area contributed by atoms with Crippen LogP contribution in [0.4, 0.5) is 0 Å². The Morgan fingerprint density at radius 2 is 2.00 bits per heavy atom. The number of esters is 1. The fourth-order valence-corrected chi connectivity index (χ4v) is 6.19. The van der Waals surface area contributed by atoms with Gasteiger partial charge in [0, 0.05) is 23.9 Å². The Bertz CT molecular complexity index is 847. The summed E-state index contributed by atoms with van der Waals surface area (Å²) < 4.78 is 5.94. The predicted molar refractivity (Wildman–Crippen MR) is 140 cm³/mol. The van der Waals surface area contributed by atoms with E-state index in [9.17, 15) is 4.79 Å². The number of carbonyl (C=O) groups is 1. The van der Waals surface area contributed by atoms with Crippen molar-refractivity contribution in [3.8, 4) is 5.75 Å². The zero-order valence-electron chi connectivity index (χ0n) is 21.1. The van der Waals surface area contributed by atoms with Gasteiger partial charge in [0.1, 0.15) is 5.75 Å². The highest BCUT2D eigenvalue weighted by molar-refractivity contribution is 7.09. The quantitative estimate of drug-likeness (QED) is 0.227.